The van der Waals surface area contributed by atoms with E-state index in [2.05, 4.69) is 10.6 Å². The van der Waals surface area contributed by atoms with Gasteiger partial charge in [0.05, 0.1) is 0 Å². The lowest BCUT2D eigenvalue weighted by Crippen LogP contribution is -2.55. The van der Waals surface area contributed by atoms with Gasteiger partial charge >= 0.3 is 6.09 Å². The molecule has 2 fully saturated rings. The number of hydrogen-bond donors (Lipinski definition) is 3. The summed E-state index contributed by atoms with van der Waals surface area (Å²) in [5.74, 6) is 0.493. The molecule has 0 spiro atoms. The highest BCUT2D eigenvalue weighted by Gasteiger charge is 2.29. The maximum atomic E-state index is 12.9. The average molecular weight is 517 g/mol. The highest BCUT2D eigenvalue weighted by molar-refractivity contribution is 6.35. The van der Waals surface area contributed by atoms with E-state index in [1.165, 1.54) is 32.1 Å². The second-order valence-electron chi connectivity index (χ2n) is 9.90. The molecule has 192 valence electrons. The van der Waals surface area contributed by atoms with Crippen LogP contribution in [0.4, 0.5) is 4.79 Å². The number of carbonyl (C=O) groups excluding carboxylic acids is 2. The number of ether oxygens (including phenoxy) is 1. The van der Waals surface area contributed by atoms with Gasteiger partial charge in [0.2, 0.25) is 5.91 Å². The average Bonchev–Trinajstić information content (AvgIpc) is 2.80. The number of hydrogen-bond acceptors (Lipinski definition) is 5. The third kappa shape index (κ3) is 10.4. The lowest BCUT2D eigenvalue weighted by Gasteiger charge is -2.31. The number of amides is 2. The van der Waals surface area contributed by atoms with Crippen LogP contribution in [-0.4, -0.2) is 66.4 Å². The molecule has 1 saturated carbocycles. The van der Waals surface area contributed by atoms with Crippen LogP contribution in [0.3, 0.4) is 0 Å². The topological polar surface area (TPSA) is 90.9 Å². The van der Waals surface area contributed by atoms with E-state index in [0.29, 0.717) is 35.7 Å². The molecule has 1 aromatic rings. The van der Waals surface area contributed by atoms with Crippen LogP contribution in [0.5, 0.6) is 0 Å². The van der Waals surface area contributed by atoms with Gasteiger partial charge in [-0.1, -0.05) is 48.5 Å². The minimum atomic E-state index is -0.762. The van der Waals surface area contributed by atoms with Crippen LogP contribution in [0.2, 0.25) is 10.0 Å². The number of halogens is 2. The monoisotopic (exact) mass is 515 g/mol. The Bertz CT molecular complexity index is 789. The first kappa shape index (κ1) is 28.7. The molecule has 1 saturated heterocycles. The van der Waals surface area contributed by atoms with Crippen molar-refractivity contribution in [2.75, 3.05) is 32.8 Å². The van der Waals surface area contributed by atoms with Crippen LogP contribution < -0.4 is 10.6 Å². The first-order valence-corrected chi connectivity index (χ1v) is 12.9. The molecule has 2 amide bonds. The number of benzene rings is 1. The van der Waals surface area contributed by atoms with Crippen LogP contribution >= 0.6 is 23.2 Å². The van der Waals surface area contributed by atoms with Crippen LogP contribution in [0.15, 0.2) is 18.2 Å². The quantitative estimate of drug-likeness (QED) is 0.539. The maximum absolute atomic E-state index is 12.9. The van der Waals surface area contributed by atoms with Crippen LogP contribution in [0.25, 0.3) is 0 Å². The zero-order valence-corrected chi connectivity index (χ0v) is 22.1. The van der Waals surface area contributed by atoms with E-state index in [9.17, 15) is 9.59 Å². The number of aliphatic hydroxyl groups excluding tert-OH is 1. The molecular weight excluding hydrogens is 477 g/mol. The largest absolute Gasteiger partial charge is 0.444 e. The zero-order chi connectivity index (χ0) is 25.1. The van der Waals surface area contributed by atoms with E-state index in [4.69, 9.17) is 33.0 Å². The fraction of sp³-hybridized carbons (Fsp3) is 0.680. The summed E-state index contributed by atoms with van der Waals surface area (Å²) in [5.41, 5.74) is 0.0885. The van der Waals surface area contributed by atoms with Crippen molar-refractivity contribution in [1.29, 1.82) is 0 Å². The number of carbonyl (C=O) groups is 2. The minimum absolute atomic E-state index is 0.150. The molecule has 0 radical (unpaired) electrons. The second-order valence-corrected chi connectivity index (χ2v) is 10.7. The van der Waals surface area contributed by atoms with E-state index >= 15 is 0 Å². The number of nitrogens with one attached hydrogen (secondary N) is 2. The van der Waals surface area contributed by atoms with E-state index in [-0.39, 0.29) is 12.3 Å². The maximum Gasteiger partial charge on any atom is 0.408 e. The Labute approximate surface area is 213 Å². The third-order valence-corrected chi connectivity index (χ3v) is 6.43. The van der Waals surface area contributed by atoms with E-state index in [1.54, 1.807) is 43.9 Å². The summed E-state index contributed by atoms with van der Waals surface area (Å²) in [6, 6.07) is 4.34. The fourth-order valence-corrected chi connectivity index (χ4v) is 4.52. The molecule has 1 aromatic carbocycles. The Hall–Kier alpha value is -1.54. The summed E-state index contributed by atoms with van der Waals surface area (Å²) in [4.78, 5) is 26.9. The molecule has 0 aromatic heterocycles. The van der Waals surface area contributed by atoms with Crippen molar-refractivity contribution in [1.82, 2.24) is 15.5 Å². The molecule has 1 heterocycles. The highest BCUT2D eigenvalue weighted by atomic mass is 35.5. The molecule has 9 heteroatoms. The first-order chi connectivity index (χ1) is 16.1. The van der Waals surface area contributed by atoms with Crippen molar-refractivity contribution >= 4 is 35.2 Å². The van der Waals surface area contributed by atoms with E-state index in [1.807, 2.05) is 0 Å². The molecular formula is C25H39Cl2N3O4. The normalized spacial score (nSPS) is 17.9. The van der Waals surface area contributed by atoms with Gasteiger partial charge in [-0.15, -0.1) is 0 Å². The smallest absolute Gasteiger partial charge is 0.408 e. The van der Waals surface area contributed by atoms with Gasteiger partial charge in [-0.2, -0.15) is 0 Å². The summed E-state index contributed by atoms with van der Waals surface area (Å²) < 4.78 is 5.31. The fourth-order valence-electron chi connectivity index (χ4n) is 4.03. The number of piperazine rings is 1. The van der Waals surface area contributed by atoms with Gasteiger partial charge in [0.1, 0.15) is 11.6 Å². The number of rotatable bonds is 5. The Morgan fingerprint density at radius 2 is 1.82 bits per heavy atom. The molecule has 7 nitrogen and oxygen atoms in total. The Morgan fingerprint density at radius 1 is 1.18 bits per heavy atom. The molecule has 0 bridgehead atoms. The summed E-state index contributed by atoms with van der Waals surface area (Å²) in [6.45, 7) is 8.39. The summed E-state index contributed by atoms with van der Waals surface area (Å²) in [6.07, 6.45) is 6.22. The molecule has 3 rings (SSSR count). The van der Waals surface area contributed by atoms with Gasteiger partial charge in [-0.25, -0.2) is 4.79 Å². The van der Waals surface area contributed by atoms with Crippen molar-refractivity contribution in [3.05, 3.63) is 33.8 Å². The van der Waals surface area contributed by atoms with Crippen molar-refractivity contribution in [2.45, 2.75) is 70.9 Å². The molecule has 1 aliphatic carbocycles. The van der Waals surface area contributed by atoms with Gasteiger partial charge in [0.25, 0.3) is 0 Å². The SMILES string of the molecule is CC(C)(C)OC(=O)NC(Cc1ccc(Cl)cc1Cl)C(=O)N1CCNCC1.OCC1CCCCC1. The number of nitrogens with zero attached hydrogens (tertiary/aromatic N) is 1. The molecule has 1 aliphatic heterocycles. The third-order valence-electron chi connectivity index (χ3n) is 5.84. The second kappa shape index (κ2) is 14.1. The lowest BCUT2D eigenvalue weighted by atomic mass is 9.90. The van der Waals surface area contributed by atoms with Gasteiger partial charge in [-0.05, 0) is 57.2 Å². The molecule has 3 N–H and O–H groups in total. The first-order valence-electron chi connectivity index (χ1n) is 12.1. The number of alkyl carbamates (subject to hydrolysis) is 1. The van der Waals surface area contributed by atoms with Gasteiger partial charge in [0, 0.05) is 49.3 Å². The van der Waals surface area contributed by atoms with Crippen molar-refractivity contribution < 1.29 is 19.4 Å². The predicted molar refractivity (Wildman–Crippen MR) is 136 cm³/mol. The predicted octanol–water partition coefficient (Wildman–Crippen LogP) is 4.42. The Balaban J connectivity index is 0.000000430. The van der Waals surface area contributed by atoms with Gasteiger partial charge in [-0.3, -0.25) is 4.79 Å². The minimum Gasteiger partial charge on any atom is -0.444 e. The van der Waals surface area contributed by atoms with Crippen molar-refractivity contribution in [2.24, 2.45) is 5.92 Å². The lowest BCUT2D eigenvalue weighted by molar-refractivity contribution is -0.134. The van der Waals surface area contributed by atoms with Gasteiger partial charge in [0.15, 0.2) is 0 Å². The molecule has 34 heavy (non-hydrogen) atoms. The van der Waals surface area contributed by atoms with E-state index < -0.39 is 17.7 Å². The molecule has 2 aliphatic rings. The van der Waals surface area contributed by atoms with E-state index in [0.717, 1.165) is 18.7 Å². The molecule has 1 unspecified atom stereocenters. The van der Waals surface area contributed by atoms with Crippen molar-refractivity contribution in [3.63, 3.8) is 0 Å². The van der Waals surface area contributed by atoms with Crippen molar-refractivity contribution in [3.8, 4) is 0 Å². The summed E-state index contributed by atoms with van der Waals surface area (Å²) in [7, 11) is 0. The molecule has 1 atom stereocenters. The zero-order valence-electron chi connectivity index (χ0n) is 20.5. The summed E-state index contributed by atoms with van der Waals surface area (Å²) >= 11 is 12.2. The standard InChI is InChI=1S/C18H25Cl2N3O3.C7H14O/c1-18(2,3)26-17(25)22-15(16(24)23-8-6-21-7-9-23)10-12-4-5-13(19)11-14(12)20;8-6-7-4-2-1-3-5-7/h4-5,11,15,21H,6-10H2,1-3H3,(H,22,25);7-8H,1-6H2. The Morgan fingerprint density at radius 3 is 2.35 bits per heavy atom. The van der Waals surface area contributed by atoms with Gasteiger partial charge < -0.3 is 25.4 Å². The summed E-state index contributed by atoms with van der Waals surface area (Å²) in [5, 5.41) is 15.6. The van der Waals surface area contributed by atoms with Crippen LogP contribution in [0.1, 0.15) is 58.4 Å². The highest BCUT2D eigenvalue weighted by Crippen LogP contribution is 2.23. The van der Waals surface area contributed by atoms with Crippen LogP contribution in [-0.2, 0) is 16.0 Å². The van der Waals surface area contributed by atoms with Crippen LogP contribution in [0, 0.1) is 5.92 Å². The number of aliphatic hydroxyl groups is 1. The Kier molecular flexibility index (Phi) is 11.9.